The summed E-state index contributed by atoms with van der Waals surface area (Å²) in [5.74, 6) is 0. The summed E-state index contributed by atoms with van der Waals surface area (Å²) in [6.07, 6.45) is 0. The third kappa shape index (κ3) is 7.23. The lowest BCUT2D eigenvalue weighted by Gasteiger charge is -2.34. The van der Waals surface area contributed by atoms with Gasteiger partial charge in [0.25, 0.3) is 0 Å². The van der Waals surface area contributed by atoms with Gasteiger partial charge in [0.05, 0.1) is 10.8 Å². The van der Waals surface area contributed by atoms with Gasteiger partial charge in [0.15, 0.2) is 0 Å². The molecule has 0 heteroatoms. The molecule has 0 fully saturated rings. The molecular weight excluding hydrogens is 1110 g/mol. The van der Waals surface area contributed by atoms with Gasteiger partial charge in [-0.2, -0.15) is 0 Å². The van der Waals surface area contributed by atoms with E-state index in [1.54, 1.807) is 0 Å². The Balaban J connectivity index is 0.851. The lowest BCUT2D eigenvalue weighted by atomic mass is 9.67. The van der Waals surface area contributed by atoms with Crippen LogP contribution in [-0.4, -0.2) is 0 Å². The van der Waals surface area contributed by atoms with Crippen LogP contribution in [0.3, 0.4) is 0 Å². The summed E-state index contributed by atoms with van der Waals surface area (Å²) in [6, 6.07) is 133. The van der Waals surface area contributed by atoms with E-state index < -0.39 is 10.8 Å². The zero-order chi connectivity index (χ0) is 60.5. The summed E-state index contributed by atoms with van der Waals surface area (Å²) < 4.78 is 0. The molecule has 0 atom stereocenters. The minimum Gasteiger partial charge on any atom is -0.0622 e. The highest BCUT2D eigenvalue weighted by molar-refractivity contribution is 6.33. The molecule has 0 bridgehead atoms. The standard InChI is InChI=1S/C92H58/c1-5-29-61(30-6-1)91(62-31-7-2-8-32-62)81-51-27-25-37-65(81)67-55-53-59(57-83(67)91)85-69-39-13-17-43-73(69)87(74-44-18-14-40-70(74)85)89-77-47-21-23-49-79(77)90(80-50-24-22-48-78(80)89)88-75-45-19-15-41-71(75)86(72-42-16-20-46-76(72)88)60-54-56-68-66-38-26-28-52-82(66)92(84(68)58-60,63-33-9-3-10-34-63)64-35-11-4-12-36-64/h1-58H. The molecule has 0 unspecified atom stereocenters. The van der Waals surface area contributed by atoms with Gasteiger partial charge >= 0.3 is 0 Å². The molecule has 0 aliphatic heterocycles. The first-order chi connectivity index (χ1) is 45.7. The van der Waals surface area contributed by atoms with Crippen molar-refractivity contribution in [3.63, 3.8) is 0 Å². The van der Waals surface area contributed by atoms with E-state index in [2.05, 4.69) is 352 Å². The van der Waals surface area contributed by atoms with Crippen molar-refractivity contribution >= 4 is 64.6 Å². The van der Waals surface area contributed by atoms with Crippen LogP contribution in [0.4, 0.5) is 0 Å². The highest BCUT2D eigenvalue weighted by atomic mass is 14.5. The zero-order valence-corrected chi connectivity index (χ0v) is 50.5. The number of rotatable bonds is 8. The summed E-state index contributed by atoms with van der Waals surface area (Å²) in [4.78, 5) is 0. The van der Waals surface area contributed by atoms with Gasteiger partial charge in [-0.15, -0.1) is 0 Å². The first-order valence-electron chi connectivity index (χ1n) is 32.2. The topological polar surface area (TPSA) is 0 Å². The minimum atomic E-state index is -0.528. The fourth-order valence-electron chi connectivity index (χ4n) is 17.3. The van der Waals surface area contributed by atoms with Gasteiger partial charge in [0.1, 0.15) is 0 Å². The van der Waals surface area contributed by atoms with Gasteiger partial charge in [-0.1, -0.05) is 340 Å². The van der Waals surface area contributed by atoms with Crippen LogP contribution < -0.4 is 0 Å². The molecule has 0 nitrogen and oxygen atoms in total. The van der Waals surface area contributed by atoms with E-state index in [-0.39, 0.29) is 0 Å². The molecule has 426 valence electrons. The Morgan fingerprint density at radius 3 is 0.587 bits per heavy atom. The summed E-state index contributed by atoms with van der Waals surface area (Å²) in [5.41, 5.74) is 24.3. The van der Waals surface area contributed by atoms with Crippen LogP contribution in [0.25, 0.3) is 131 Å². The van der Waals surface area contributed by atoms with Gasteiger partial charge in [-0.05, 0) is 188 Å². The molecule has 17 aromatic rings. The lowest BCUT2D eigenvalue weighted by molar-refractivity contribution is 0.769. The van der Waals surface area contributed by atoms with E-state index in [9.17, 15) is 0 Å². The number of fused-ring (bicyclic) bond motifs is 12. The van der Waals surface area contributed by atoms with Crippen LogP contribution in [0.15, 0.2) is 352 Å². The molecule has 2 aliphatic rings. The van der Waals surface area contributed by atoms with Gasteiger partial charge < -0.3 is 0 Å². The molecule has 92 heavy (non-hydrogen) atoms. The van der Waals surface area contributed by atoms with E-state index >= 15 is 0 Å². The van der Waals surface area contributed by atoms with Gasteiger partial charge in [-0.3, -0.25) is 0 Å². The molecule has 2 aliphatic carbocycles. The maximum absolute atomic E-state index is 2.54. The van der Waals surface area contributed by atoms with Gasteiger partial charge in [0.2, 0.25) is 0 Å². The van der Waals surface area contributed by atoms with Crippen molar-refractivity contribution in [1.29, 1.82) is 0 Å². The molecular formula is C92H58. The van der Waals surface area contributed by atoms with Crippen molar-refractivity contribution in [2.45, 2.75) is 10.8 Å². The number of hydrogen-bond acceptors (Lipinski definition) is 0. The average Bonchev–Trinajstić information content (AvgIpc) is 1.49. The third-order valence-electron chi connectivity index (χ3n) is 20.8. The number of hydrogen-bond donors (Lipinski definition) is 0. The molecule has 17 aromatic carbocycles. The number of benzene rings is 17. The minimum absolute atomic E-state index is 0.528. The van der Waals surface area contributed by atoms with Crippen LogP contribution in [0, 0.1) is 0 Å². The average molecular weight is 1160 g/mol. The predicted octanol–water partition coefficient (Wildman–Crippen LogP) is 24.0. The zero-order valence-electron chi connectivity index (χ0n) is 50.5. The van der Waals surface area contributed by atoms with Crippen molar-refractivity contribution in [2.24, 2.45) is 0 Å². The lowest BCUT2D eigenvalue weighted by Crippen LogP contribution is -2.28. The van der Waals surface area contributed by atoms with E-state index in [0.717, 1.165) is 0 Å². The van der Waals surface area contributed by atoms with Crippen LogP contribution in [0.5, 0.6) is 0 Å². The fourth-order valence-corrected chi connectivity index (χ4v) is 17.3. The van der Waals surface area contributed by atoms with Crippen LogP contribution >= 0.6 is 0 Å². The van der Waals surface area contributed by atoms with Crippen molar-refractivity contribution in [1.82, 2.24) is 0 Å². The molecule has 0 heterocycles. The first-order valence-corrected chi connectivity index (χ1v) is 32.2. The molecule has 0 saturated heterocycles. The Morgan fingerprint density at radius 2 is 0.337 bits per heavy atom. The highest BCUT2D eigenvalue weighted by Gasteiger charge is 2.48. The van der Waals surface area contributed by atoms with Crippen molar-refractivity contribution < 1.29 is 0 Å². The Kier molecular flexibility index (Phi) is 11.6. The molecule has 0 N–H and O–H groups in total. The quantitative estimate of drug-likeness (QED) is 0.133. The van der Waals surface area contributed by atoms with Crippen LogP contribution in [-0.2, 0) is 10.8 Å². The third-order valence-corrected chi connectivity index (χ3v) is 20.8. The molecule has 0 radical (unpaired) electrons. The summed E-state index contributed by atoms with van der Waals surface area (Å²) >= 11 is 0. The second-order valence-corrected chi connectivity index (χ2v) is 25.1. The Labute approximate surface area is 535 Å². The van der Waals surface area contributed by atoms with E-state index in [4.69, 9.17) is 0 Å². The molecule has 0 saturated carbocycles. The summed E-state index contributed by atoms with van der Waals surface area (Å²) in [5, 5.41) is 14.7. The van der Waals surface area contributed by atoms with Crippen molar-refractivity contribution in [3.05, 3.63) is 396 Å². The second kappa shape index (κ2) is 20.4. The summed E-state index contributed by atoms with van der Waals surface area (Å²) in [6.45, 7) is 0. The Hall–Kier alpha value is -11.7. The maximum Gasteiger partial charge on any atom is 0.0713 e. The smallest absolute Gasteiger partial charge is 0.0622 e. The first kappa shape index (κ1) is 52.3. The molecule has 19 rings (SSSR count). The largest absolute Gasteiger partial charge is 0.0713 e. The maximum atomic E-state index is 2.54. The predicted molar refractivity (Wildman–Crippen MR) is 388 cm³/mol. The monoisotopic (exact) mass is 1160 g/mol. The van der Waals surface area contributed by atoms with E-state index in [0.29, 0.717) is 0 Å². The van der Waals surface area contributed by atoms with Crippen LogP contribution in [0.2, 0.25) is 0 Å². The highest BCUT2D eigenvalue weighted by Crippen LogP contribution is 2.60. The summed E-state index contributed by atoms with van der Waals surface area (Å²) in [7, 11) is 0. The van der Waals surface area contributed by atoms with Gasteiger partial charge in [0, 0.05) is 0 Å². The van der Waals surface area contributed by atoms with E-state index in [1.807, 2.05) is 0 Å². The SMILES string of the molecule is c1ccc(C2(c3ccccc3)c3ccccc3-c3ccc(-c4c5ccccc5c(-c5c6ccccc6c(-c6c7ccccc7c(-c7ccc8c(c7)C(c7ccccc7)(c7ccccc7)c7ccccc7-8)c7ccccc67)c6ccccc56)c5ccccc45)cc32)cc1. The van der Waals surface area contributed by atoms with Gasteiger partial charge in [-0.25, -0.2) is 0 Å². The fraction of sp³-hybridized carbons (Fsp3) is 0.0217. The van der Waals surface area contributed by atoms with Crippen molar-refractivity contribution in [2.75, 3.05) is 0 Å². The van der Waals surface area contributed by atoms with E-state index in [1.165, 1.54) is 176 Å². The van der Waals surface area contributed by atoms with Crippen molar-refractivity contribution in [3.8, 4) is 66.8 Å². The Morgan fingerprint density at radius 1 is 0.141 bits per heavy atom. The molecule has 0 spiro atoms. The molecule has 0 amide bonds. The normalized spacial score (nSPS) is 13.4. The van der Waals surface area contributed by atoms with Crippen LogP contribution in [0.1, 0.15) is 44.5 Å². The Bertz CT molecular complexity index is 5250. The second-order valence-electron chi connectivity index (χ2n) is 25.1. The molecule has 0 aromatic heterocycles.